The number of thioether (sulfide) groups is 1. The molecule has 4 rings (SSSR count). The number of methoxy groups -OCH3 is 1. The zero-order valence-electron chi connectivity index (χ0n) is 18.7. The first kappa shape index (κ1) is 23.1. The fourth-order valence-corrected chi connectivity index (χ4v) is 4.59. The number of hydrogen-bond donors (Lipinski definition) is 1. The minimum Gasteiger partial charge on any atom is -0.465 e. The molecule has 1 unspecified atom stereocenters. The van der Waals surface area contributed by atoms with Gasteiger partial charge in [0.25, 0.3) is 0 Å². The molecule has 1 N–H and O–H groups in total. The number of hydrogen-bond acceptors (Lipinski definition) is 6. The SMILES string of the molecule is COC(=O)c1ccc(C)c(NC(=O)CSc2ncc(-c3ccccc3)n2CC2CCCO2)c1. The Morgan fingerprint density at radius 1 is 1.24 bits per heavy atom. The molecule has 2 aromatic carbocycles. The number of imidazole rings is 1. The van der Waals surface area contributed by atoms with E-state index in [4.69, 9.17) is 9.47 Å². The molecule has 0 bridgehead atoms. The molecule has 1 aliphatic heterocycles. The number of anilines is 1. The predicted octanol–water partition coefficient (Wildman–Crippen LogP) is 4.55. The molecule has 2 heterocycles. The van der Waals surface area contributed by atoms with Crippen molar-refractivity contribution in [3.63, 3.8) is 0 Å². The molecule has 1 amide bonds. The van der Waals surface area contributed by atoms with Crippen molar-refractivity contribution in [2.45, 2.75) is 37.6 Å². The standard InChI is InChI=1S/C25H27N3O4S/c1-17-10-11-19(24(30)31-2)13-21(17)27-23(29)16-33-25-26-14-22(18-7-4-3-5-8-18)28(25)15-20-9-6-12-32-20/h3-5,7-8,10-11,13-14,20H,6,9,12,15-16H2,1-2H3,(H,27,29). The van der Waals surface area contributed by atoms with Gasteiger partial charge in [-0.05, 0) is 43.0 Å². The number of rotatable bonds is 8. The summed E-state index contributed by atoms with van der Waals surface area (Å²) in [4.78, 5) is 29.1. The number of nitrogens with zero attached hydrogens (tertiary/aromatic N) is 2. The molecule has 172 valence electrons. The van der Waals surface area contributed by atoms with Crippen LogP contribution in [-0.4, -0.2) is 47.0 Å². The fraction of sp³-hybridized carbons (Fsp3) is 0.320. The van der Waals surface area contributed by atoms with Crippen LogP contribution in [0.5, 0.6) is 0 Å². The van der Waals surface area contributed by atoms with E-state index >= 15 is 0 Å². The Balaban J connectivity index is 1.48. The summed E-state index contributed by atoms with van der Waals surface area (Å²) in [5.74, 6) is -0.416. The van der Waals surface area contributed by atoms with Gasteiger partial charge in [0.1, 0.15) is 0 Å². The maximum atomic E-state index is 12.7. The summed E-state index contributed by atoms with van der Waals surface area (Å²) in [6, 6.07) is 15.2. The summed E-state index contributed by atoms with van der Waals surface area (Å²) >= 11 is 1.39. The number of aromatic nitrogens is 2. The second-order valence-electron chi connectivity index (χ2n) is 7.90. The topological polar surface area (TPSA) is 82.5 Å². The fourth-order valence-electron chi connectivity index (χ4n) is 3.80. The van der Waals surface area contributed by atoms with Crippen LogP contribution < -0.4 is 5.32 Å². The van der Waals surface area contributed by atoms with E-state index in [1.54, 1.807) is 18.2 Å². The third-order valence-electron chi connectivity index (χ3n) is 5.56. The van der Waals surface area contributed by atoms with Gasteiger partial charge in [0.2, 0.25) is 5.91 Å². The van der Waals surface area contributed by atoms with Crippen LogP contribution in [0.1, 0.15) is 28.8 Å². The van der Waals surface area contributed by atoms with Crippen molar-refractivity contribution in [3.8, 4) is 11.3 Å². The molecule has 0 aliphatic carbocycles. The number of aryl methyl sites for hydroxylation is 1. The monoisotopic (exact) mass is 465 g/mol. The molecule has 33 heavy (non-hydrogen) atoms. The second kappa shape index (κ2) is 10.7. The second-order valence-corrected chi connectivity index (χ2v) is 8.84. The van der Waals surface area contributed by atoms with Crippen LogP contribution in [-0.2, 0) is 20.8 Å². The summed E-state index contributed by atoms with van der Waals surface area (Å²) in [5, 5.41) is 3.68. The lowest BCUT2D eigenvalue weighted by Crippen LogP contribution is -2.18. The van der Waals surface area contributed by atoms with E-state index in [1.807, 2.05) is 31.3 Å². The van der Waals surface area contributed by atoms with Crippen molar-refractivity contribution in [1.29, 1.82) is 0 Å². The number of carbonyl (C=O) groups is 2. The molecule has 1 aromatic heterocycles. The molecule has 0 radical (unpaired) electrons. The molecule has 1 atom stereocenters. The molecule has 1 saturated heterocycles. The molecular formula is C25H27N3O4S. The molecule has 0 spiro atoms. The molecule has 1 fully saturated rings. The number of esters is 1. The van der Waals surface area contributed by atoms with Crippen molar-refractivity contribution in [2.24, 2.45) is 0 Å². The van der Waals surface area contributed by atoms with E-state index < -0.39 is 5.97 Å². The number of carbonyl (C=O) groups excluding carboxylic acids is 2. The molecule has 3 aromatic rings. The van der Waals surface area contributed by atoms with Crippen LogP contribution in [0, 0.1) is 6.92 Å². The summed E-state index contributed by atoms with van der Waals surface area (Å²) in [6.45, 7) is 3.37. The lowest BCUT2D eigenvalue weighted by molar-refractivity contribution is -0.113. The maximum Gasteiger partial charge on any atom is 0.337 e. The van der Waals surface area contributed by atoms with Crippen LogP contribution in [0.4, 0.5) is 5.69 Å². The Morgan fingerprint density at radius 3 is 2.79 bits per heavy atom. The smallest absolute Gasteiger partial charge is 0.337 e. The summed E-state index contributed by atoms with van der Waals surface area (Å²) in [5.41, 5.74) is 3.94. The van der Waals surface area contributed by atoms with Crippen molar-refractivity contribution in [3.05, 3.63) is 65.9 Å². The quantitative estimate of drug-likeness (QED) is 0.388. The van der Waals surface area contributed by atoms with Crippen LogP contribution >= 0.6 is 11.8 Å². The van der Waals surface area contributed by atoms with Gasteiger partial charge in [-0.3, -0.25) is 4.79 Å². The highest BCUT2D eigenvalue weighted by molar-refractivity contribution is 7.99. The highest BCUT2D eigenvalue weighted by Crippen LogP contribution is 2.28. The summed E-state index contributed by atoms with van der Waals surface area (Å²) in [6.07, 6.45) is 4.09. The van der Waals surface area contributed by atoms with Gasteiger partial charge in [-0.15, -0.1) is 0 Å². The largest absolute Gasteiger partial charge is 0.465 e. The third kappa shape index (κ3) is 5.64. The van der Waals surface area contributed by atoms with E-state index in [-0.39, 0.29) is 17.8 Å². The molecule has 1 aliphatic rings. The Kier molecular flexibility index (Phi) is 7.47. The van der Waals surface area contributed by atoms with Crippen molar-refractivity contribution in [2.75, 3.05) is 24.8 Å². The van der Waals surface area contributed by atoms with Crippen molar-refractivity contribution < 1.29 is 19.1 Å². The van der Waals surface area contributed by atoms with E-state index in [9.17, 15) is 9.59 Å². The number of benzene rings is 2. The average molecular weight is 466 g/mol. The Bertz CT molecular complexity index is 1120. The Labute approximate surface area is 197 Å². The molecule has 0 saturated carbocycles. The van der Waals surface area contributed by atoms with Crippen LogP contribution in [0.2, 0.25) is 0 Å². The molecule has 7 nitrogen and oxygen atoms in total. The number of ether oxygens (including phenoxy) is 2. The maximum absolute atomic E-state index is 12.7. The van der Waals surface area contributed by atoms with Crippen LogP contribution in [0.3, 0.4) is 0 Å². The van der Waals surface area contributed by atoms with Crippen LogP contribution in [0.15, 0.2) is 59.9 Å². The highest BCUT2D eigenvalue weighted by Gasteiger charge is 2.21. The molecule has 8 heteroatoms. The van der Waals surface area contributed by atoms with Gasteiger partial charge in [0, 0.05) is 12.3 Å². The lowest BCUT2D eigenvalue weighted by atomic mass is 10.1. The number of amides is 1. The summed E-state index contributed by atoms with van der Waals surface area (Å²) in [7, 11) is 1.33. The highest BCUT2D eigenvalue weighted by atomic mass is 32.2. The van der Waals surface area contributed by atoms with Crippen molar-refractivity contribution in [1.82, 2.24) is 9.55 Å². The Morgan fingerprint density at radius 2 is 2.06 bits per heavy atom. The van der Waals surface area contributed by atoms with Gasteiger partial charge in [0.05, 0.1) is 43.0 Å². The van der Waals surface area contributed by atoms with Crippen LogP contribution in [0.25, 0.3) is 11.3 Å². The van der Waals surface area contributed by atoms with Gasteiger partial charge >= 0.3 is 5.97 Å². The van der Waals surface area contributed by atoms with E-state index in [0.717, 1.165) is 41.4 Å². The zero-order valence-corrected chi connectivity index (χ0v) is 19.6. The van der Waals surface area contributed by atoms with E-state index in [0.29, 0.717) is 17.8 Å². The Hall–Kier alpha value is -3.10. The first-order valence-corrected chi connectivity index (χ1v) is 11.9. The third-order valence-corrected chi connectivity index (χ3v) is 6.55. The zero-order chi connectivity index (χ0) is 23.2. The first-order chi connectivity index (χ1) is 16.0. The van der Waals surface area contributed by atoms with Crippen molar-refractivity contribution >= 4 is 29.3 Å². The van der Waals surface area contributed by atoms with Gasteiger partial charge in [-0.2, -0.15) is 0 Å². The van der Waals surface area contributed by atoms with Gasteiger partial charge in [-0.25, -0.2) is 9.78 Å². The minimum atomic E-state index is -0.440. The lowest BCUT2D eigenvalue weighted by Gasteiger charge is -2.16. The number of nitrogens with one attached hydrogen (secondary N) is 1. The van der Waals surface area contributed by atoms with Gasteiger partial charge < -0.3 is 19.4 Å². The van der Waals surface area contributed by atoms with Gasteiger partial charge in [-0.1, -0.05) is 48.2 Å². The summed E-state index contributed by atoms with van der Waals surface area (Å²) < 4.78 is 12.8. The predicted molar refractivity (Wildman–Crippen MR) is 129 cm³/mol. The first-order valence-electron chi connectivity index (χ1n) is 10.9. The van der Waals surface area contributed by atoms with Gasteiger partial charge in [0.15, 0.2) is 5.16 Å². The van der Waals surface area contributed by atoms with E-state index in [2.05, 4.69) is 27.0 Å². The average Bonchev–Trinajstić information content (AvgIpc) is 3.49. The minimum absolute atomic E-state index is 0.151. The van der Waals surface area contributed by atoms with E-state index in [1.165, 1.54) is 18.9 Å². The normalized spacial score (nSPS) is 15.4. The molecular weight excluding hydrogens is 438 g/mol.